The fourth-order valence-electron chi connectivity index (χ4n) is 4.00. The number of carbonyl (C=O) groups excluding carboxylic acids is 2. The second-order valence-electron chi connectivity index (χ2n) is 8.18. The van der Waals surface area contributed by atoms with Gasteiger partial charge in [-0.25, -0.2) is 9.97 Å². The van der Waals surface area contributed by atoms with Crippen LogP contribution in [0.25, 0.3) is 5.95 Å². The molecular formula is C23H25Cl2N7O2. The van der Waals surface area contributed by atoms with E-state index >= 15 is 0 Å². The summed E-state index contributed by atoms with van der Waals surface area (Å²) in [7, 11) is 0. The van der Waals surface area contributed by atoms with Crippen LogP contribution >= 0.6 is 23.2 Å². The van der Waals surface area contributed by atoms with Gasteiger partial charge in [-0.2, -0.15) is 4.98 Å². The minimum Gasteiger partial charge on any atom is -0.350 e. The van der Waals surface area contributed by atoms with E-state index in [9.17, 15) is 9.59 Å². The Hall–Kier alpha value is -3.17. The van der Waals surface area contributed by atoms with Gasteiger partial charge in [-0.05, 0) is 24.6 Å². The van der Waals surface area contributed by atoms with Crippen LogP contribution in [0.5, 0.6) is 0 Å². The van der Waals surface area contributed by atoms with E-state index in [2.05, 4.69) is 20.3 Å². The molecule has 1 N–H and O–H groups in total. The Labute approximate surface area is 207 Å². The van der Waals surface area contributed by atoms with Crippen molar-refractivity contribution in [2.75, 3.05) is 24.5 Å². The van der Waals surface area contributed by atoms with Crippen LogP contribution in [0.15, 0.2) is 49.1 Å². The minimum atomic E-state index is -0.281. The maximum atomic E-state index is 13.0. The average Bonchev–Trinajstić information content (AvgIpc) is 3.34. The smallest absolute Gasteiger partial charge is 0.238 e. The zero-order valence-electron chi connectivity index (χ0n) is 18.9. The lowest BCUT2D eigenvalue weighted by atomic mass is 10.1. The van der Waals surface area contributed by atoms with Crippen molar-refractivity contribution >= 4 is 40.8 Å². The van der Waals surface area contributed by atoms with Crippen molar-refractivity contribution in [2.24, 2.45) is 0 Å². The molecule has 2 amide bonds. The van der Waals surface area contributed by atoms with Crippen LogP contribution in [0.3, 0.4) is 0 Å². The molecule has 0 saturated carbocycles. The lowest BCUT2D eigenvalue weighted by Crippen LogP contribution is -2.56. The quantitative estimate of drug-likeness (QED) is 0.520. The van der Waals surface area contributed by atoms with Crippen molar-refractivity contribution in [2.45, 2.75) is 32.4 Å². The van der Waals surface area contributed by atoms with E-state index in [4.69, 9.17) is 23.2 Å². The number of carbonyl (C=O) groups is 2. The topological polar surface area (TPSA) is 96.2 Å². The summed E-state index contributed by atoms with van der Waals surface area (Å²) in [6.07, 6.45) is 5.13. The molecule has 0 radical (unpaired) electrons. The van der Waals surface area contributed by atoms with E-state index in [1.165, 1.54) is 6.92 Å². The molecule has 0 aliphatic carbocycles. The molecule has 34 heavy (non-hydrogen) atoms. The Morgan fingerprint density at radius 1 is 1.18 bits per heavy atom. The maximum absolute atomic E-state index is 13.0. The molecule has 2 aromatic heterocycles. The number of nitrogens with zero attached hydrogens (tertiary/aromatic N) is 6. The lowest BCUT2D eigenvalue weighted by molar-refractivity contribution is -0.130. The molecule has 1 aliphatic heterocycles. The zero-order valence-corrected chi connectivity index (χ0v) is 20.4. The van der Waals surface area contributed by atoms with Crippen LogP contribution in [0.4, 0.5) is 5.82 Å². The molecule has 1 aliphatic rings. The highest BCUT2D eigenvalue weighted by molar-refractivity contribution is 6.30. The predicted octanol–water partition coefficient (Wildman–Crippen LogP) is 3.27. The van der Waals surface area contributed by atoms with Crippen LogP contribution in [0.1, 0.15) is 31.9 Å². The number of piperazine rings is 1. The van der Waals surface area contributed by atoms with Crippen LogP contribution < -0.4 is 10.2 Å². The maximum Gasteiger partial charge on any atom is 0.238 e. The highest BCUT2D eigenvalue weighted by Gasteiger charge is 2.31. The first kappa shape index (κ1) is 24.0. The largest absolute Gasteiger partial charge is 0.350 e. The number of hydrogen-bond donors (Lipinski definition) is 1. The summed E-state index contributed by atoms with van der Waals surface area (Å²) >= 11 is 12.3. The minimum absolute atomic E-state index is 0.0283. The van der Waals surface area contributed by atoms with Gasteiger partial charge in [-0.3, -0.25) is 14.2 Å². The van der Waals surface area contributed by atoms with Gasteiger partial charge in [0, 0.05) is 56.5 Å². The number of benzene rings is 1. The van der Waals surface area contributed by atoms with E-state index in [0.29, 0.717) is 36.4 Å². The van der Waals surface area contributed by atoms with Gasteiger partial charge >= 0.3 is 0 Å². The second kappa shape index (κ2) is 10.4. The van der Waals surface area contributed by atoms with Crippen molar-refractivity contribution in [3.05, 3.63) is 64.8 Å². The molecule has 11 heteroatoms. The SMILES string of the molecule is CC(=O)N1CCN(c2cc(Cl)nc(-n3ccnc3)n2)C(CC(=O)NC(C)c2ccc(Cl)cc2)C1. The van der Waals surface area contributed by atoms with Gasteiger partial charge in [0.15, 0.2) is 0 Å². The van der Waals surface area contributed by atoms with E-state index in [-0.39, 0.29) is 35.5 Å². The van der Waals surface area contributed by atoms with Gasteiger partial charge in [0.1, 0.15) is 17.3 Å². The Kier molecular flexibility index (Phi) is 7.33. The normalized spacial score (nSPS) is 16.9. The number of imidazole rings is 1. The number of aromatic nitrogens is 4. The Balaban J connectivity index is 1.54. The average molecular weight is 502 g/mol. The number of nitrogens with one attached hydrogen (secondary N) is 1. The molecule has 0 bridgehead atoms. The fourth-order valence-corrected chi connectivity index (χ4v) is 4.30. The number of halogens is 2. The molecule has 3 aromatic rings. The number of amides is 2. The number of rotatable bonds is 6. The third-order valence-corrected chi connectivity index (χ3v) is 6.24. The van der Waals surface area contributed by atoms with Gasteiger partial charge in [0.2, 0.25) is 17.8 Å². The first-order valence-corrected chi connectivity index (χ1v) is 11.7. The van der Waals surface area contributed by atoms with Gasteiger partial charge in [0.05, 0.1) is 12.1 Å². The van der Waals surface area contributed by atoms with Crippen molar-refractivity contribution in [1.29, 1.82) is 0 Å². The molecule has 3 heterocycles. The molecule has 2 unspecified atom stereocenters. The summed E-state index contributed by atoms with van der Waals surface area (Å²) in [5, 5.41) is 3.96. The van der Waals surface area contributed by atoms with Gasteiger partial charge in [-0.15, -0.1) is 0 Å². The van der Waals surface area contributed by atoms with E-state index in [1.54, 1.807) is 46.4 Å². The standard InChI is InChI=1S/C23H25Cl2N7O2/c1-15(17-3-5-18(24)6-4-17)27-22(34)11-19-13-30(16(2)33)9-10-32(19)21-12-20(25)28-23(29-21)31-8-7-26-14-31/h3-8,12,14-15,19H,9-11,13H2,1-2H3,(H,27,34). The third kappa shape index (κ3) is 5.66. The molecule has 2 atom stereocenters. The molecule has 1 fully saturated rings. The molecular weight excluding hydrogens is 477 g/mol. The van der Waals surface area contributed by atoms with Crippen molar-refractivity contribution in [3.63, 3.8) is 0 Å². The summed E-state index contributed by atoms with van der Waals surface area (Å²) in [5.41, 5.74) is 0.955. The molecule has 0 spiro atoms. The zero-order chi connectivity index (χ0) is 24.2. The third-order valence-electron chi connectivity index (χ3n) is 5.80. The van der Waals surface area contributed by atoms with E-state index in [1.807, 2.05) is 24.0 Å². The fraction of sp³-hybridized carbons (Fsp3) is 0.348. The number of hydrogen-bond acceptors (Lipinski definition) is 6. The summed E-state index contributed by atoms with van der Waals surface area (Å²) in [6.45, 7) is 4.90. The Morgan fingerprint density at radius 2 is 1.94 bits per heavy atom. The predicted molar refractivity (Wildman–Crippen MR) is 130 cm³/mol. The van der Waals surface area contributed by atoms with Gasteiger partial charge in [-0.1, -0.05) is 35.3 Å². The molecule has 1 aromatic carbocycles. The highest BCUT2D eigenvalue weighted by atomic mass is 35.5. The first-order valence-electron chi connectivity index (χ1n) is 10.9. The monoisotopic (exact) mass is 501 g/mol. The Bertz CT molecular complexity index is 1150. The summed E-state index contributed by atoms with van der Waals surface area (Å²) in [4.78, 5) is 41.8. The van der Waals surface area contributed by atoms with Crippen LogP contribution in [-0.2, 0) is 9.59 Å². The molecule has 1 saturated heterocycles. The molecule has 178 valence electrons. The Morgan fingerprint density at radius 3 is 2.62 bits per heavy atom. The lowest BCUT2D eigenvalue weighted by Gasteiger charge is -2.41. The van der Waals surface area contributed by atoms with Crippen molar-refractivity contribution in [1.82, 2.24) is 29.7 Å². The van der Waals surface area contributed by atoms with E-state index in [0.717, 1.165) is 5.56 Å². The van der Waals surface area contributed by atoms with Crippen molar-refractivity contribution in [3.8, 4) is 5.95 Å². The molecule has 9 nitrogen and oxygen atoms in total. The van der Waals surface area contributed by atoms with Crippen LogP contribution in [0, 0.1) is 0 Å². The highest BCUT2D eigenvalue weighted by Crippen LogP contribution is 2.25. The summed E-state index contributed by atoms with van der Waals surface area (Å²) in [6, 6.07) is 8.57. The summed E-state index contributed by atoms with van der Waals surface area (Å²) < 4.78 is 1.66. The van der Waals surface area contributed by atoms with Gasteiger partial charge < -0.3 is 15.1 Å². The van der Waals surface area contributed by atoms with Gasteiger partial charge in [0.25, 0.3) is 0 Å². The summed E-state index contributed by atoms with van der Waals surface area (Å²) in [5.74, 6) is 0.821. The first-order chi connectivity index (χ1) is 16.3. The van der Waals surface area contributed by atoms with Crippen LogP contribution in [-0.4, -0.2) is 61.9 Å². The van der Waals surface area contributed by atoms with Crippen molar-refractivity contribution < 1.29 is 9.59 Å². The number of anilines is 1. The molecule has 4 rings (SSSR count). The second-order valence-corrected chi connectivity index (χ2v) is 9.00. The van der Waals surface area contributed by atoms with Crippen LogP contribution in [0.2, 0.25) is 10.2 Å². The van der Waals surface area contributed by atoms with E-state index < -0.39 is 0 Å².